The second-order valence-electron chi connectivity index (χ2n) is 3.78. The number of rotatable bonds is 7. The molecule has 18 heavy (non-hydrogen) atoms. The van der Waals surface area contributed by atoms with Crippen molar-refractivity contribution in [1.82, 2.24) is 4.90 Å². The number of halogens is 3. The molecule has 4 nitrogen and oxygen atoms in total. The van der Waals surface area contributed by atoms with E-state index in [2.05, 4.69) is 0 Å². The van der Waals surface area contributed by atoms with Crippen LogP contribution >= 0.6 is 11.8 Å². The van der Waals surface area contributed by atoms with Crippen molar-refractivity contribution in [2.24, 2.45) is 0 Å². The Kier molecular flexibility index (Phi) is 7.12. The number of carboxylic acid groups (broad SMARTS) is 1. The molecule has 0 aromatic rings. The van der Waals surface area contributed by atoms with Crippen molar-refractivity contribution < 1.29 is 27.9 Å². The molecule has 0 spiro atoms. The largest absolute Gasteiger partial charge is 0.480 e. The van der Waals surface area contributed by atoms with Gasteiger partial charge in [0.05, 0.1) is 11.5 Å². The zero-order chi connectivity index (χ0) is 14.3. The van der Waals surface area contributed by atoms with Gasteiger partial charge >= 0.3 is 12.1 Å². The van der Waals surface area contributed by atoms with Gasteiger partial charge in [-0.25, -0.2) is 0 Å². The standard InChI is InChI=1S/C10H16F3NO3S/c1-3-7(2)14(4-9(16)17)8(15)5-18-6-10(11,12)13/h7H,3-6H2,1-2H3,(H,16,17). The number of alkyl halides is 3. The van der Waals surface area contributed by atoms with Gasteiger partial charge in [0.1, 0.15) is 6.54 Å². The van der Waals surface area contributed by atoms with Gasteiger partial charge in [-0.3, -0.25) is 9.59 Å². The van der Waals surface area contributed by atoms with Crippen LogP contribution < -0.4 is 0 Å². The summed E-state index contributed by atoms with van der Waals surface area (Å²) >= 11 is 0.442. The molecule has 0 aromatic carbocycles. The van der Waals surface area contributed by atoms with Crippen molar-refractivity contribution in [1.29, 1.82) is 0 Å². The molecular formula is C10H16F3NO3S. The maximum atomic E-state index is 11.9. The van der Waals surface area contributed by atoms with E-state index in [1.807, 2.05) is 0 Å². The zero-order valence-corrected chi connectivity index (χ0v) is 11.0. The first-order valence-electron chi connectivity index (χ1n) is 5.33. The molecule has 0 saturated heterocycles. The molecule has 0 aliphatic rings. The number of hydrogen-bond donors (Lipinski definition) is 1. The predicted molar refractivity (Wildman–Crippen MR) is 62.5 cm³/mol. The first-order chi connectivity index (χ1) is 8.17. The summed E-state index contributed by atoms with van der Waals surface area (Å²) in [4.78, 5) is 23.3. The minimum Gasteiger partial charge on any atom is -0.480 e. The van der Waals surface area contributed by atoms with Gasteiger partial charge in [0, 0.05) is 6.04 Å². The predicted octanol–water partition coefficient (Wildman–Crippen LogP) is 1.99. The molecule has 0 aromatic heterocycles. The minimum absolute atomic E-state index is 0.305. The van der Waals surface area contributed by atoms with E-state index in [1.54, 1.807) is 13.8 Å². The van der Waals surface area contributed by atoms with Gasteiger partial charge in [-0.2, -0.15) is 13.2 Å². The molecule has 1 N–H and O–H groups in total. The molecule has 8 heteroatoms. The van der Waals surface area contributed by atoms with Crippen molar-refractivity contribution in [3.05, 3.63) is 0 Å². The number of hydrogen-bond acceptors (Lipinski definition) is 3. The summed E-state index contributed by atoms with van der Waals surface area (Å²) in [5, 5.41) is 8.65. The van der Waals surface area contributed by atoms with E-state index in [1.165, 1.54) is 0 Å². The molecular weight excluding hydrogens is 271 g/mol. The molecule has 0 saturated carbocycles. The minimum atomic E-state index is -4.32. The summed E-state index contributed by atoms with van der Waals surface area (Å²) in [6, 6.07) is -0.305. The lowest BCUT2D eigenvalue weighted by Gasteiger charge is -2.26. The molecule has 0 rings (SSSR count). The zero-order valence-electron chi connectivity index (χ0n) is 10.2. The molecule has 0 heterocycles. The first-order valence-corrected chi connectivity index (χ1v) is 6.48. The number of carbonyl (C=O) groups excluding carboxylic acids is 1. The average Bonchev–Trinajstić information content (AvgIpc) is 2.22. The molecule has 1 atom stereocenters. The van der Waals surface area contributed by atoms with E-state index >= 15 is 0 Å². The Morgan fingerprint density at radius 2 is 1.94 bits per heavy atom. The number of amides is 1. The van der Waals surface area contributed by atoms with E-state index in [9.17, 15) is 22.8 Å². The van der Waals surface area contributed by atoms with Crippen LogP contribution in [-0.2, 0) is 9.59 Å². The lowest BCUT2D eigenvalue weighted by molar-refractivity contribution is -0.144. The normalized spacial score (nSPS) is 13.2. The van der Waals surface area contributed by atoms with Crippen molar-refractivity contribution in [2.45, 2.75) is 32.5 Å². The Morgan fingerprint density at radius 1 is 1.39 bits per heavy atom. The number of thioether (sulfide) groups is 1. The van der Waals surface area contributed by atoms with Gasteiger partial charge in [0.2, 0.25) is 5.91 Å². The van der Waals surface area contributed by atoms with Gasteiger partial charge in [-0.15, -0.1) is 11.8 Å². The lowest BCUT2D eigenvalue weighted by atomic mass is 10.2. The second-order valence-corrected chi connectivity index (χ2v) is 4.77. The van der Waals surface area contributed by atoms with Crippen LogP contribution in [-0.4, -0.2) is 52.2 Å². The van der Waals surface area contributed by atoms with Gasteiger partial charge in [-0.05, 0) is 13.3 Å². The number of carbonyl (C=O) groups is 2. The lowest BCUT2D eigenvalue weighted by Crippen LogP contribution is -2.43. The summed E-state index contributed by atoms with van der Waals surface area (Å²) in [5.41, 5.74) is 0. The Balaban J connectivity index is 4.34. The summed E-state index contributed by atoms with van der Waals surface area (Å²) in [6.07, 6.45) is -3.78. The highest BCUT2D eigenvalue weighted by Gasteiger charge is 2.28. The first kappa shape index (κ1) is 17.1. The van der Waals surface area contributed by atoms with Gasteiger partial charge in [-0.1, -0.05) is 6.92 Å². The van der Waals surface area contributed by atoms with Crippen LogP contribution in [0.15, 0.2) is 0 Å². The third-order valence-corrected chi connectivity index (χ3v) is 3.22. The van der Waals surface area contributed by atoms with Crippen LogP contribution in [0.25, 0.3) is 0 Å². The summed E-state index contributed by atoms with van der Waals surface area (Å²) in [7, 11) is 0. The third kappa shape index (κ3) is 7.41. The number of carboxylic acids is 1. The Labute approximate surface area is 108 Å². The van der Waals surface area contributed by atoms with E-state index in [4.69, 9.17) is 5.11 Å². The highest BCUT2D eigenvalue weighted by atomic mass is 32.2. The fourth-order valence-corrected chi connectivity index (χ4v) is 1.87. The number of aliphatic carboxylic acids is 1. The molecule has 0 aliphatic heterocycles. The highest BCUT2D eigenvalue weighted by molar-refractivity contribution is 8.00. The smallest absolute Gasteiger partial charge is 0.397 e. The van der Waals surface area contributed by atoms with Crippen LogP contribution in [0.4, 0.5) is 13.2 Å². The van der Waals surface area contributed by atoms with Gasteiger partial charge in [0.25, 0.3) is 0 Å². The topological polar surface area (TPSA) is 57.6 Å². The van der Waals surface area contributed by atoms with E-state index in [-0.39, 0.29) is 11.8 Å². The fourth-order valence-electron chi connectivity index (χ4n) is 1.19. The maximum absolute atomic E-state index is 11.9. The fraction of sp³-hybridized carbons (Fsp3) is 0.800. The molecule has 1 unspecified atom stereocenters. The third-order valence-electron chi connectivity index (χ3n) is 2.24. The maximum Gasteiger partial charge on any atom is 0.397 e. The molecule has 1 amide bonds. The summed E-state index contributed by atoms with van der Waals surface area (Å²) in [5.74, 6) is -3.23. The van der Waals surface area contributed by atoms with Crippen LogP contribution in [0, 0.1) is 0 Å². The molecule has 0 fully saturated rings. The quantitative estimate of drug-likeness (QED) is 0.778. The van der Waals surface area contributed by atoms with Crippen LogP contribution in [0.2, 0.25) is 0 Å². The van der Waals surface area contributed by atoms with E-state index in [0.717, 1.165) is 4.90 Å². The molecule has 106 valence electrons. The second kappa shape index (κ2) is 7.50. The average molecular weight is 287 g/mol. The van der Waals surface area contributed by atoms with Crippen molar-refractivity contribution in [2.75, 3.05) is 18.1 Å². The van der Waals surface area contributed by atoms with Crippen molar-refractivity contribution in [3.63, 3.8) is 0 Å². The van der Waals surface area contributed by atoms with Crippen molar-refractivity contribution >= 4 is 23.6 Å². The Hall–Kier alpha value is -0.920. The van der Waals surface area contributed by atoms with Crippen LogP contribution in [0.1, 0.15) is 20.3 Å². The van der Waals surface area contributed by atoms with Crippen LogP contribution in [0.3, 0.4) is 0 Å². The van der Waals surface area contributed by atoms with Crippen LogP contribution in [0.5, 0.6) is 0 Å². The molecule has 0 radical (unpaired) electrons. The molecule has 0 bridgehead atoms. The highest BCUT2D eigenvalue weighted by Crippen LogP contribution is 2.21. The molecule has 0 aliphatic carbocycles. The monoisotopic (exact) mass is 287 g/mol. The Morgan fingerprint density at radius 3 is 2.33 bits per heavy atom. The van der Waals surface area contributed by atoms with Gasteiger partial charge in [0.15, 0.2) is 0 Å². The Bertz CT molecular complexity index is 297. The SMILES string of the molecule is CCC(C)N(CC(=O)O)C(=O)CSCC(F)(F)F. The summed E-state index contributed by atoms with van der Waals surface area (Å²) < 4.78 is 35.7. The van der Waals surface area contributed by atoms with E-state index < -0.39 is 30.4 Å². The summed E-state index contributed by atoms with van der Waals surface area (Å²) in [6.45, 7) is 2.95. The van der Waals surface area contributed by atoms with E-state index in [0.29, 0.717) is 18.2 Å². The number of nitrogens with zero attached hydrogens (tertiary/aromatic N) is 1. The van der Waals surface area contributed by atoms with Crippen molar-refractivity contribution in [3.8, 4) is 0 Å². The van der Waals surface area contributed by atoms with Gasteiger partial charge < -0.3 is 10.0 Å².